The number of nitrogens with zero attached hydrogens (tertiary/aromatic N) is 1. The molecule has 0 unspecified atom stereocenters. The molecule has 0 radical (unpaired) electrons. The number of carboxylic acid groups (broad SMARTS) is 2. The van der Waals surface area contributed by atoms with Crippen LogP contribution < -0.4 is 15.8 Å². The number of guanidine groups is 1. The summed E-state index contributed by atoms with van der Waals surface area (Å²) in [7, 11) is 0. The van der Waals surface area contributed by atoms with E-state index in [0.29, 0.717) is 27.6 Å². The van der Waals surface area contributed by atoms with Crippen LogP contribution in [0.25, 0.3) is 10.8 Å². The van der Waals surface area contributed by atoms with E-state index in [1.54, 1.807) is 54.6 Å². The number of benzene rings is 4. The first-order chi connectivity index (χ1) is 19.1. The third kappa shape index (κ3) is 6.78. The van der Waals surface area contributed by atoms with E-state index < -0.39 is 30.4 Å². The number of carboxylic acids is 2. The predicted molar refractivity (Wildman–Crippen MR) is 147 cm³/mol. The second-order valence-corrected chi connectivity index (χ2v) is 8.79. The van der Waals surface area contributed by atoms with Crippen molar-refractivity contribution in [2.24, 2.45) is 5.73 Å². The zero-order valence-corrected chi connectivity index (χ0v) is 21.0. The molecule has 0 spiro atoms. The zero-order valence-electron chi connectivity index (χ0n) is 21.0. The normalized spacial score (nSPS) is 10.5. The summed E-state index contributed by atoms with van der Waals surface area (Å²) in [6.45, 7) is -0.667. The van der Waals surface area contributed by atoms with E-state index in [2.05, 4.69) is 5.32 Å². The largest absolute Gasteiger partial charge is 0.480 e. The molecule has 0 aliphatic rings. The van der Waals surface area contributed by atoms with E-state index in [1.807, 2.05) is 0 Å². The van der Waals surface area contributed by atoms with Gasteiger partial charge in [-0.3, -0.25) is 15.0 Å². The van der Waals surface area contributed by atoms with Crippen LogP contribution in [0.1, 0.15) is 36.6 Å². The SMILES string of the molecule is N=C(N)Nc1ccc(C(=O)Oc2ccc3cc(C(=O)N(CC(=O)O)Cc4cccc(C(=O)O)c4)ccc3c2)cc1. The Morgan fingerprint density at radius 1 is 0.825 bits per heavy atom. The highest BCUT2D eigenvalue weighted by Crippen LogP contribution is 2.24. The number of nitrogens with two attached hydrogens (primary N) is 1. The van der Waals surface area contributed by atoms with Crippen LogP contribution in [0.5, 0.6) is 5.75 Å². The highest BCUT2D eigenvalue weighted by molar-refractivity contribution is 6.00. The lowest BCUT2D eigenvalue weighted by atomic mass is 10.0. The lowest BCUT2D eigenvalue weighted by Crippen LogP contribution is -2.35. The van der Waals surface area contributed by atoms with Gasteiger partial charge in [-0.05, 0) is 77.0 Å². The molecule has 11 nitrogen and oxygen atoms in total. The number of hydrogen-bond donors (Lipinski definition) is 5. The molecule has 0 saturated heterocycles. The number of nitrogens with one attached hydrogen (secondary N) is 2. The van der Waals surface area contributed by atoms with Gasteiger partial charge in [-0.15, -0.1) is 0 Å². The maximum absolute atomic E-state index is 13.3. The molecule has 4 aromatic carbocycles. The van der Waals surface area contributed by atoms with Crippen LogP contribution in [0, 0.1) is 5.41 Å². The molecule has 0 aromatic heterocycles. The Hall–Kier alpha value is -5.71. The van der Waals surface area contributed by atoms with E-state index >= 15 is 0 Å². The summed E-state index contributed by atoms with van der Waals surface area (Å²) in [4.78, 5) is 49.7. The molecule has 4 rings (SSSR count). The van der Waals surface area contributed by atoms with Crippen LogP contribution in [-0.4, -0.2) is 51.4 Å². The average Bonchev–Trinajstić information content (AvgIpc) is 2.92. The Morgan fingerprint density at radius 3 is 2.17 bits per heavy atom. The van der Waals surface area contributed by atoms with Crippen LogP contribution in [-0.2, 0) is 11.3 Å². The van der Waals surface area contributed by atoms with Crippen LogP contribution in [0.2, 0.25) is 0 Å². The molecule has 0 fully saturated rings. The van der Waals surface area contributed by atoms with Gasteiger partial charge in [0.2, 0.25) is 0 Å². The number of hydrogen-bond acceptors (Lipinski definition) is 6. The standard InChI is InChI=1S/C29H24N4O7/c30-29(31)32-23-9-6-18(7-10-23)28(39)40-24-11-8-19-13-21(5-4-20(19)14-24)26(36)33(16-25(34)35)15-17-2-1-3-22(12-17)27(37)38/h1-14H,15-16H2,(H,34,35)(H,37,38)(H4,30,31,32). The summed E-state index contributed by atoms with van der Waals surface area (Å²) in [6.07, 6.45) is 0. The van der Waals surface area contributed by atoms with Gasteiger partial charge in [0.25, 0.3) is 5.91 Å². The third-order valence-corrected chi connectivity index (χ3v) is 5.83. The smallest absolute Gasteiger partial charge is 0.343 e. The molecule has 0 aliphatic carbocycles. The van der Waals surface area contributed by atoms with E-state index in [0.717, 1.165) is 4.90 Å². The molecule has 0 bridgehead atoms. The van der Waals surface area contributed by atoms with Crippen LogP contribution in [0.3, 0.4) is 0 Å². The minimum atomic E-state index is -1.21. The van der Waals surface area contributed by atoms with Crippen LogP contribution in [0.4, 0.5) is 5.69 Å². The zero-order chi connectivity index (χ0) is 28.8. The molecule has 0 aliphatic heterocycles. The molecule has 40 heavy (non-hydrogen) atoms. The number of ether oxygens (including phenoxy) is 1. The summed E-state index contributed by atoms with van der Waals surface area (Å²) in [5, 5.41) is 29.8. The fourth-order valence-electron chi connectivity index (χ4n) is 4.00. The van der Waals surface area contributed by atoms with Gasteiger partial charge in [0.05, 0.1) is 11.1 Å². The Labute approximate surface area is 227 Å². The molecular weight excluding hydrogens is 516 g/mol. The van der Waals surface area contributed by atoms with E-state index in [9.17, 15) is 29.4 Å². The van der Waals surface area contributed by atoms with Gasteiger partial charge >= 0.3 is 17.9 Å². The minimum absolute atomic E-state index is 0.0319. The van der Waals surface area contributed by atoms with Crippen LogP contribution in [0.15, 0.2) is 84.9 Å². The number of fused-ring (bicyclic) bond motifs is 1. The van der Waals surface area contributed by atoms with Gasteiger partial charge in [0.15, 0.2) is 5.96 Å². The Morgan fingerprint density at radius 2 is 1.50 bits per heavy atom. The van der Waals surface area contributed by atoms with Crippen molar-refractivity contribution in [3.8, 4) is 5.75 Å². The topological polar surface area (TPSA) is 183 Å². The van der Waals surface area contributed by atoms with Crippen molar-refractivity contribution in [2.45, 2.75) is 6.54 Å². The third-order valence-electron chi connectivity index (χ3n) is 5.83. The maximum atomic E-state index is 13.3. The number of esters is 1. The highest BCUT2D eigenvalue weighted by Gasteiger charge is 2.20. The first-order valence-electron chi connectivity index (χ1n) is 11.9. The number of aliphatic carboxylic acids is 1. The summed E-state index contributed by atoms with van der Waals surface area (Å²) in [5.41, 5.74) is 6.89. The fraction of sp³-hybridized carbons (Fsp3) is 0.0690. The van der Waals surface area contributed by atoms with Gasteiger partial charge in [-0.25, -0.2) is 9.59 Å². The number of carbonyl (C=O) groups is 4. The number of rotatable bonds is 9. The molecular formula is C29H24N4O7. The van der Waals surface area contributed by atoms with Gasteiger partial charge in [-0.2, -0.15) is 0 Å². The molecule has 0 saturated carbocycles. The van der Waals surface area contributed by atoms with Crippen molar-refractivity contribution >= 4 is 46.2 Å². The first kappa shape index (κ1) is 27.3. The summed E-state index contributed by atoms with van der Waals surface area (Å²) >= 11 is 0. The molecule has 0 heterocycles. The maximum Gasteiger partial charge on any atom is 0.343 e. The predicted octanol–water partition coefficient (Wildman–Crippen LogP) is 3.79. The van der Waals surface area contributed by atoms with Gasteiger partial charge in [0, 0.05) is 17.8 Å². The Kier molecular flexibility index (Phi) is 8.05. The second kappa shape index (κ2) is 11.8. The Bertz CT molecular complexity index is 1630. The number of aromatic carboxylic acids is 1. The molecule has 1 amide bonds. The van der Waals surface area contributed by atoms with Gasteiger partial charge in [-0.1, -0.05) is 24.3 Å². The number of anilines is 1. The number of amides is 1. The van der Waals surface area contributed by atoms with Crippen molar-refractivity contribution in [2.75, 3.05) is 11.9 Å². The van der Waals surface area contributed by atoms with Crippen molar-refractivity contribution in [3.63, 3.8) is 0 Å². The number of carbonyl (C=O) groups excluding carboxylic acids is 2. The van der Waals surface area contributed by atoms with Crippen LogP contribution >= 0.6 is 0 Å². The second-order valence-electron chi connectivity index (χ2n) is 8.79. The monoisotopic (exact) mass is 540 g/mol. The molecule has 202 valence electrons. The van der Waals surface area contributed by atoms with E-state index in [-0.39, 0.29) is 29.4 Å². The molecule has 4 aromatic rings. The Balaban J connectivity index is 1.51. The molecule has 0 atom stereocenters. The summed E-state index contributed by atoms with van der Waals surface area (Å²) < 4.78 is 5.47. The van der Waals surface area contributed by atoms with E-state index in [4.69, 9.17) is 15.9 Å². The average molecular weight is 541 g/mol. The minimum Gasteiger partial charge on any atom is -0.480 e. The molecule has 6 N–H and O–H groups in total. The highest BCUT2D eigenvalue weighted by atomic mass is 16.5. The van der Waals surface area contributed by atoms with Crippen molar-refractivity contribution < 1.29 is 34.1 Å². The van der Waals surface area contributed by atoms with Gasteiger partial charge in [0.1, 0.15) is 12.3 Å². The molecule has 11 heteroatoms. The van der Waals surface area contributed by atoms with Crippen molar-refractivity contribution in [1.29, 1.82) is 5.41 Å². The lowest BCUT2D eigenvalue weighted by Gasteiger charge is -2.21. The first-order valence-corrected chi connectivity index (χ1v) is 11.9. The van der Waals surface area contributed by atoms with Crippen molar-refractivity contribution in [3.05, 3.63) is 107 Å². The van der Waals surface area contributed by atoms with Crippen molar-refractivity contribution in [1.82, 2.24) is 4.90 Å². The van der Waals surface area contributed by atoms with Gasteiger partial charge < -0.3 is 30.9 Å². The fourth-order valence-corrected chi connectivity index (χ4v) is 4.00. The summed E-state index contributed by atoms with van der Waals surface area (Å²) in [5.74, 6) is -3.40. The van der Waals surface area contributed by atoms with E-state index in [1.165, 1.54) is 30.3 Å². The lowest BCUT2D eigenvalue weighted by molar-refractivity contribution is -0.137. The quantitative estimate of drug-likeness (QED) is 0.0912. The summed E-state index contributed by atoms with van der Waals surface area (Å²) in [6, 6.07) is 21.9.